The van der Waals surface area contributed by atoms with Crippen LogP contribution in [0.3, 0.4) is 0 Å². The monoisotopic (exact) mass is 419 g/mol. The van der Waals surface area contributed by atoms with E-state index in [0.717, 1.165) is 30.4 Å². The highest BCUT2D eigenvalue weighted by Crippen LogP contribution is 2.35. The van der Waals surface area contributed by atoms with Crippen molar-refractivity contribution in [2.75, 3.05) is 0 Å². The zero-order valence-electron chi connectivity index (χ0n) is 15.9. The van der Waals surface area contributed by atoms with Crippen LogP contribution < -0.4 is 11.2 Å². The lowest BCUT2D eigenvalue weighted by Crippen LogP contribution is -2.39. The van der Waals surface area contributed by atoms with Crippen LogP contribution in [-0.2, 0) is 19.4 Å². The van der Waals surface area contributed by atoms with Crippen molar-refractivity contribution in [1.82, 2.24) is 9.13 Å². The Morgan fingerprint density at radius 3 is 2.43 bits per heavy atom. The maximum Gasteiger partial charge on any atom is 0.337 e. The molecule has 30 heavy (non-hydrogen) atoms. The molecule has 0 fully saturated rings. The first kappa shape index (κ1) is 18.5. The molecule has 150 valence electrons. The number of aromatic nitrogens is 2. The van der Waals surface area contributed by atoms with Crippen molar-refractivity contribution < 1.29 is 4.92 Å². The van der Waals surface area contributed by atoms with Crippen molar-refractivity contribution in [1.29, 1.82) is 0 Å². The van der Waals surface area contributed by atoms with Gasteiger partial charge in [-0.3, -0.25) is 19.5 Å². The van der Waals surface area contributed by atoms with Gasteiger partial charge in [0, 0.05) is 17.0 Å². The van der Waals surface area contributed by atoms with E-state index in [9.17, 15) is 19.7 Å². The SMILES string of the molecule is O=c1c2c3c(sc2n(Cc2ccc([N+](=O)[O-])cc2)c(=O)n1-c1ccccc1)CCC3. The minimum absolute atomic E-state index is 0.000555. The first-order valence-corrected chi connectivity index (χ1v) is 10.4. The summed E-state index contributed by atoms with van der Waals surface area (Å²) in [7, 11) is 0. The molecule has 0 aliphatic heterocycles. The van der Waals surface area contributed by atoms with Gasteiger partial charge in [0.2, 0.25) is 0 Å². The van der Waals surface area contributed by atoms with E-state index in [-0.39, 0.29) is 17.8 Å². The number of nitro benzene ring substituents is 1. The smallest absolute Gasteiger partial charge is 0.280 e. The van der Waals surface area contributed by atoms with E-state index in [0.29, 0.717) is 15.9 Å². The summed E-state index contributed by atoms with van der Waals surface area (Å²) in [5, 5.41) is 11.6. The number of hydrogen-bond donors (Lipinski definition) is 0. The molecule has 4 aromatic rings. The van der Waals surface area contributed by atoms with Crippen LogP contribution >= 0.6 is 11.3 Å². The number of rotatable bonds is 4. The van der Waals surface area contributed by atoms with Crippen molar-refractivity contribution in [3.05, 3.63) is 102 Å². The predicted octanol–water partition coefficient (Wildman–Crippen LogP) is 3.66. The Balaban J connectivity index is 1.76. The Kier molecular flexibility index (Phi) is 4.36. The largest absolute Gasteiger partial charge is 0.337 e. The van der Waals surface area contributed by atoms with Crippen LogP contribution in [-0.4, -0.2) is 14.1 Å². The van der Waals surface area contributed by atoms with Crippen molar-refractivity contribution in [2.24, 2.45) is 0 Å². The van der Waals surface area contributed by atoms with Gasteiger partial charge in [-0.25, -0.2) is 9.36 Å². The number of non-ortho nitro benzene ring substituents is 1. The van der Waals surface area contributed by atoms with Crippen LogP contribution in [0.15, 0.2) is 64.2 Å². The third kappa shape index (κ3) is 2.88. The van der Waals surface area contributed by atoms with Crippen LogP contribution in [0, 0.1) is 10.1 Å². The second kappa shape index (κ2) is 7.07. The standard InChI is InChI=1S/C22H17N3O4S/c26-20-19-17-7-4-8-18(17)30-21(19)23(13-14-9-11-16(12-10-14)25(28)29)22(27)24(20)15-5-2-1-3-6-15/h1-3,5-6,9-12H,4,7-8,13H2. The zero-order chi connectivity index (χ0) is 20.8. The lowest BCUT2D eigenvalue weighted by Gasteiger charge is -2.13. The molecule has 1 aliphatic carbocycles. The van der Waals surface area contributed by atoms with Gasteiger partial charge >= 0.3 is 5.69 Å². The summed E-state index contributed by atoms with van der Waals surface area (Å²) >= 11 is 1.51. The van der Waals surface area contributed by atoms with Crippen molar-refractivity contribution >= 4 is 27.2 Å². The highest BCUT2D eigenvalue weighted by Gasteiger charge is 2.25. The summed E-state index contributed by atoms with van der Waals surface area (Å²) in [6.07, 6.45) is 2.78. The molecule has 1 aliphatic rings. The fraction of sp³-hybridized carbons (Fsp3) is 0.182. The lowest BCUT2D eigenvalue weighted by atomic mass is 10.2. The first-order valence-electron chi connectivity index (χ1n) is 9.63. The van der Waals surface area contributed by atoms with Gasteiger partial charge in [0.25, 0.3) is 11.2 Å². The Morgan fingerprint density at radius 2 is 1.73 bits per heavy atom. The Labute approximate surface area is 174 Å². The van der Waals surface area contributed by atoms with Crippen LogP contribution in [0.25, 0.3) is 15.9 Å². The van der Waals surface area contributed by atoms with Gasteiger partial charge in [-0.15, -0.1) is 11.3 Å². The highest BCUT2D eigenvalue weighted by molar-refractivity contribution is 7.18. The summed E-state index contributed by atoms with van der Waals surface area (Å²) in [5.41, 5.74) is 1.67. The molecule has 0 atom stereocenters. The van der Waals surface area contributed by atoms with E-state index in [4.69, 9.17) is 0 Å². The van der Waals surface area contributed by atoms with Gasteiger partial charge in [-0.1, -0.05) is 30.3 Å². The van der Waals surface area contributed by atoms with Crippen LogP contribution in [0.4, 0.5) is 5.69 Å². The fourth-order valence-electron chi connectivity index (χ4n) is 4.06. The third-order valence-corrected chi connectivity index (χ3v) is 6.80. The number of benzene rings is 2. The molecule has 7 nitrogen and oxygen atoms in total. The Hall–Kier alpha value is -3.52. The summed E-state index contributed by atoms with van der Waals surface area (Å²) < 4.78 is 2.85. The average molecular weight is 419 g/mol. The number of fused-ring (bicyclic) bond motifs is 3. The molecule has 2 aromatic carbocycles. The van der Waals surface area contributed by atoms with Gasteiger partial charge in [-0.2, -0.15) is 0 Å². The second-order valence-corrected chi connectivity index (χ2v) is 8.39. The molecule has 8 heteroatoms. The van der Waals surface area contributed by atoms with Gasteiger partial charge in [-0.05, 0) is 42.5 Å². The third-order valence-electron chi connectivity index (χ3n) is 5.49. The normalized spacial score (nSPS) is 12.9. The van der Waals surface area contributed by atoms with E-state index in [1.807, 2.05) is 6.07 Å². The minimum atomic E-state index is -0.451. The first-order chi connectivity index (χ1) is 14.5. The lowest BCUT2D eigenvalue weighted by molar-refractivity contribution is -0.384. The molecule has 5 rings (SSSR count). The van der Waals surface area contributed by atoms with E-state index in [2.05, 4.69) is 0 Å². The van der Waals surface area contributed by atoms with Gasteiger partial charge in [0.15, 0.2) is 0 Å². The second-order valence-electron chi connectivity index (χ2n) is 7.31. The topological polar surface area (TPSA) is 87.1 Å². The molecular formula is C22H17N3O4S. The Morgan fingerprint density at radius 1 is 1.00 bits per heavy atom. The minimum Gasteiger partial charge on any atom is -0.280 e. The summed E-state index contributed by atoms with van der Waals surface area (Å²) in [5.74, 6) is 0. The highest BCUT2D eigenvalue weighted by atomic mass is 32.1. The molecule has 0 saturated heterocycles. The maximum absolute atomic E-state index is 13.4. The van der Waals surface area contributed by atoms with E-state index in [1.165, 1.54) is 32.9 Å². The van der Waals surface area contributed by atoms with Crippen molar-refractivity contribution in [3.8, 4) is 5.69 Å². The number of thiophene rings is 1. The molecule has 0 bridgehead atoms. The van der Waals surface area contributed by atoms with Crippen molar-refractivity contribution in [2.45, 2.75) is 25.8 Å². The molecular weight excluding hydrogens is 402 g/mol. The number of hydrogen-bond acceptors (Lipinski definition) is 5. The predicted molar refractivity (Wildman–Crippen MR) is 116 cm³/mol. The molecule has 2 heterocycles. The van der Waals surface area contributed by atoms with Crippen LogP contribution in [0.5, 0.6) is 0 Å². The molecule has 0 spiro atoms. The van der Waals surface area contributed by atoms with Gasteiger partial charge in [0.1, 0.15) is 4.83 Å². The van der Waals surface area contributed by atoms with Crippen LogP contribution in [0.2, 0.25) is 0 Å². The summed E-state index contributed by atoms with van der Waals surface area (Å²) in [6, 6.07) is 15.1. The van der Waals surface area contributed by atoms with Gasteiger partial charge < -0.3 is 0 Å². The van der Waals surface area contributed by atoms with E-state index >= 15 is 0 Å². The maximum atomic E-state index is 13.4. The fourth-order valence-corrected chi connectivity index (χ4v) is 5.43. The van der Waals surface area contributed by atoms with E-state index in [1.54, 1.807) is 41.0 Å². The molecule has 0 radical (unpaired) electrons. The van der Waals surface area contributed by atoms with Crippen molar-refractivity contribution in [3.63, 3.8) is 0 Å². The molecule has 0 unspecified atom stereocenters. The summed E-state index contributed by atoms with van der Waals surface area (Å²) in [6.45, 7) is 0.236. The number of para-hydroxylation sites is 1. The van der Waals surface area contributed by atoms with Gasteiger partial charge in [0.05, 0.1) is 22.5 Å². The van der Waals surface area contributed by atoms with E-state index < -0.39 is 10.6 Å². The quantitative estimate of drug-likeness (QED) is 0.373. The number of aryl methyl sites for hydroxylation is 2. The molecule has 0 saturated carbocycles. The Bertz CT molecular complexity index is 1400. The molecule has 0 N–H and O–H groups in total. The zero-order valence-corrected chi connectivity index (χ0v) is 16.7. The van der Waals surface area contributed by atoms with Crippen LogP contribution in [0.1, 0.15) is 22.4 Å². The average Bonchev–Trinajstić information content (AvgIpc) is 3.34. The summed E-state index contributed by atoms with van der Waals surface area (Å²) in [4.78, 5) is 39.1. The molecule has 0 amide bonds. The number of nitrogens with zero attached hydrogens (tertiary/aromatic N) is 3. The molecule has 2 aromatic heterocycles. The number of nitro groups is 1.